The Morgan fingerprint density at radius 2 is 2.00 bits per heavy atom. The van der Waals surface area contributed by atoms with Gasteiger partial charge in [0.05, 0.1) is 0 Å². The monoisotopic (exact) mass is 333 g/mol. The molecule has 2 atom stereocenters. The normalized spacial score (nSPS) is 19.6. The van der Waals surface area contributed by atoms with Crippen LogP contribution in [0.3, 0.4) is 0 Å². The summed E-state index contributed by atoms with van der Waals surface area (Å²) < 4.78 is 0. The number of nitrogens with one attached hydrogen (secondary N) is 3. The van der Waals surface area contributed by atoms with Gasteiger partial charge in [0.15, 0.2) is 0 Å². The summed E-state index contributed by atoms with van der Waals surface area (Å²) in [4.78, 5) is 35.8. The van der Waals surface area contributed by atoms with Gasteiger partial charge in [-0.15, -0.1) is 0 Å². The minimum absolute atomic E-state index is 0.00258. The van der Waals surface area contributed by atoms with E-state index in [-0.39, 0.29) is 30.7 Å². The third kappa shape index (κ3) is 5.34. The lowest BCUT2D eigenvalue weighted by Crippen LogP contribution is -2.42. The van der Waals surface area contributed by atoms with Crippen molar-refractivity contribution in [2.45, 2.75) is 37.8 Å². The Labute approximate surface area is 140 Å². The molecule has 1 saturated heterocycles. The van der Waals surface area contributed by atoms with Crippen molar-refractivity contribution in [2.24, 2.45) is 0 Å². The van der Waals surface area contributed by atoms with Crippen molar-refractivity contribution >= 4 is 17.7 Å². The fourth-order valence-corrected chi connectivity index (χ4v) is 2.55. The van der Waals surface area contributed by atoms with E-state index in [4.69, 9.17) is 5.11 Å². The van der Waals surface area contributed by atoms with Crippen molar-refractivity contribution in [2.75, 3.05) is 13.2 Å². The first-order chi connectivity index (χ1) is 11.6. The molecule has 0 spiro atoms. The Balaban J connectivity index is 1.75. The predicted octanol–water partition coefficient (Wildman–Crippen LogP) is -0.509. The van der Waals surface area contributed by atoms with Crippen molar-refractivity contribution < 1.29 is 19.5 Å². The standard InChI is InChI=1S/C17H23N3O4/c21-10-4-9-18-16(23)13-11-14(17(24)20-13)19-15(22)8-7-12-5-2-1-3-6-12/h1-3,5-6,13-14,21H,4,7-11H2,(H,18,23)(H,19,22)(H,20,24)/t13-,14-/m0/s1. The highest BCUT2D eigenvalue weighted by Crippen LogP contribution is 2.09. The Kier molecular flexibility index (Phi) is 6.74. The van der Waals surface area contributed by atoms with E-state index in [9.17, 15) is 14.4 Å². The molecule has 1 aliphatic rings. The Hall–Kier alpha value is -2.41. The molecule has 7 heteroatoms. The van der Waals surface area contributed by atoms with E-state index in [1.165, 1.54) is 0 Å². The summed E-state index contributed by atoms with van der Waals surface area (Å²) in [5.74, 6) is -0.844. The average molecular weight is 333 g/mol. The molecule has 0 radical (unpaired) electrons. The van der Waals surface area contributed by atoms with Gasteiger partial charge in [0, 0.05) is 26.0 Å². The Morgan fingerprint density at radius 1 is 1.25 bits per heavy atom. The maximum absolute atomic E-state index is 12.0. The summed E-state index contributed by atoms with van der Waals surface area (Å²) in [6.45, 7) is 0.354. The van der Waals surface area contributed by atoms with Gasteiger partial charge in [0.2, 0.25) is 17.7 Å². The van der Waals surface area contributed by atoms with E-state index in [1.54, 1.807) is 0 Å². The van der Waals surface area contributed by atoms with Gasteiger partial charge >= 0.3 is 0 Å². The quantitative estimate of drug-likeness (QED) is 0.481. The minimum atomic E-state index is -0.679. The molecular weight excluding hydrogens is 310 g/mol. The molecule has 4 N–H and O–H groups in total. The number of rotatable bonds is 8. The summed E-state index contributed by atoms with van der Waals surface area (Å²) in [5.41, 5.74) is 1.06. The summed E-state index contributed by atoms with van der Waals surface area (Å²) in [7, 11) is 0. The van der Waals surface area contributed by atoms with Gasteiger partial charge in [0.25, 0.3) is 0 Å². The molecule has 1 heterocycles. The summed E-state index contributed by atoms with van der Waals surface area (Å²) >= 11 is 0. The maximum atomic E-state index is 12.0. The van der Waals surface area contributed by atoms with Crippen LogP contribution in [0, 0.1) is 0 Å². The van der Waals surface area contributed by atoms with E-state index in [0.717, 1.165) is 5.56 Å². The van der Waals surface area contributed by atoms with Crippen LogP contribution in [0.1, 0.15) is 24.8 Å². The third-order valence-corrected chi connectivity index (χ3v) is 3.87. The SMILES string of the molecule is O=C(CCc1ccccc1)N[C@H]1C[C@@H](C(=O)NCCCO)NC1=O. The molecule has 2 rings (SSSR count). The highest BCUT2D eigenvalue weighted by atomic mass is 16.3. The molecule has 0 aliphatic carbocycles. The van der Waals surface area contributed by atoms with E-state index in [0.29, 0.717) is 25.8 Å². The molecule has 1 aromatic carbocycles. The predicted molar refractivity (Wildman–Crippen MR) is 88.0 cm³/mol. The molecule has 1 fully saturated rings. The molecule has 1 aromatic rings. The fourth-order valence-electron chi connectivity index (χ4n) is 2.55. The number of aryl methyl sites for hydroxylation is 1. The zero-order chi connectivity index (χ0) is 17.4. The molecule has 130 valence electrons. The number of amides is 3. The summed E-state index contributed by atoms with van der Waals surface area (Å²) in [5, 5.41) is 16.6. The molecular formula is C17H23N3O4. The maximum Gasteiger partial charge on any atom is 0.243 e. The smallest absolute Gasteiger partial charge is 0.243 e. The molecule has 1 aliphatic heterocycles. The van der Waals surface area contributed by atoms with Crippen LogP contribution in [0.15, 0.2) is 30.3 Å². The van der Waals surface area contributed by atoms with E-state index in [1.807, 2.05) is 30.3 Å². The second kappa shape index (κ2) is 9.02. The Bertz CT molecular complexity index is 576. The number of hydrogen-bond acceptors (Lipinski definition) is 4. The average Bonchev–Trinajstić information content (AvgIpc) is 2.95. The van der Waals surface area contributed by atoms with Crippen LogP contribution in [0.4, 0.5) is 0 Å². The van der Waals surface area contributed by atoms with Crippen LogP contribution in [0.2, 0.25) is 0 Å². The lowest BCUT2D eigenvalue weighted by atomic mass is 10.1. The number of carbonyl (C=O) groups is 3. The molecule has 3 amide bonds. The van der Waals surface area contributed by atoms with Gasteiger partial charge < -0.3 is 21.1 Å². The molecule has 0 aromatic heterocycles. The van der Waals surface area contributed by atoms with Crippen LogP contribution in [0.25, 0.3) is 0 Å². The number of aliphatic hydroxyl groups is 1. The Morgan fingerprint density at radius 3 is 2.71 bits per heavy atom. The second-order valence-corrected chi connectivity index (χ2v) is 5.77. The van der Waals surface area contributed by atoms with Crippen LogP contribution in [-0.4, -0.2) is 48.1 Å². The van der Waals surface area contributed by atoms with Crippen molar-refractivity contribution in [3.63, 3.8) is 0 Å². The molecule has 0 unspecified atom stereocenters. The number of benzene rings is 1. The van der Waals surface area contributed by atoms with Gasteiger partial charge in [-0.2, -0.15) is 0 Å². The van der Waals surface area contributed by atoms with E-state index in [2.05, 4.69) is 16.0 Å². The summed E-state index contributed by atoms with van der Waals surface area (Å²) in [6, 6.07) is 8.32. The number of hydrogen-bond donors (Lipinski definition) is 4. The zero-order valence-corrected chi connectivity index (χ0v) is 13.5. The lowest BCUT2D eigenvalue weighted by Gasteiger charge is -2.11. The summed E-state index contributed by atoms with van der Waals surface area (Å²) in [6.07, 6.45) is 1.60. The zero-order valence-electron chi connectivity index (χ0n) is 13.5. The van der Waals surface area contributed by atoms with Crippen molar-refractivity contribution in [1.82, 2.24) is 16.0 Å². The van der Waals surface area contributed by atoms with Crippen molar-refractivity contribution in [1.29, 1.82) is 0 Å². The fraction of sp³-hybridized carbons (Fsp3) is 0.471. The molecule has 24 heavy (non-hydrogen) atoms. The van der Waals surface area contributed by atoms with Gasteiger partial charge in [-0.1, -0.05) is 30.3 Å². The largest absolute Gasteiger partial charge is 0.396 e. The second-order valence-electron chi connectivity index (χ2n) is 5.77. The topological polar surface area (TPSA) is 108 Å². The molecule has 0 bridgehead atoms. The number of carbonyl (C=O) groups excluding carboxylic acids is 3. The van der Waals surface area contributed by atoms with Crippen LogP contribution in [0.5, 0.6) is 0 Å². The lowest BCUT2D eigenvalue weighted by molar-refractivity contribution is -0.128. The van der Waals surface area contributed by atoms with Gasteiger partial charge in [-0.05, 0) is 18.4 Å². The minimum Gasteiger partial charge on any atom is -0.396 e. The van der Waals surface area contributed by atoms with Gasteiger partial charge in [-0.25, -0.2) is 0 Å². The van der Waals surface area contributed by atoms with Crippen molar-refractivity contribution in [3.8, 4) is 0 Å². The van der Waals surface area contributed by atoms with Gasteiger partial charge in [0.1, 0.15) is 12.1 Å². The first kappa shape index (κ1) is 17.9. The van der Waals surface area contributed by atoms with E-state index < -0.39 is 12.1 Å². The first-order valence-electron chi connectivity index (χ1n) is 8.12. The van der Waals surface area contributed by atoms with E-state index >= 15 is 0 Å². The first-order valence-corrected chi connectivity index (χ1v) is 8.12. The third-order valence-electron chi connectivity index (χ3n) is 3.87. The van der Waals surface area contributed by atoms with Crippen LogP contribution in [-0.2, 0) is 20.8 Å². The highest BCUT2D eigenvalue weighted by Gasteiger charge is 2.36. The van der Waals surface area contributed by atoms with Gasteiger partial charge in [-0.3, -0.25) is 14.4 Å². The highest BCUT2D eigenvalue weighted by molar-refractivity contribution is 5.95. The van der Waals surface area contributed by atoms with Crippen LogP contribution < -0.4 is 16.0 Å². The molecule has 7 nitrogen and oxygen atoms in total. The van der Waals surface area contributed by atoms with Crippen molar-refractivity contribution in [3.05, 3.63) is 35.9 Å². The molecule has 0 saturated carbocycles. The number of aliphatic hydroxyl groups excluding tert-OH is 1. The van der Waals surface area contributed by atoms with Crippen LogP contribution >= 0.6 is 0 Å².